The molecule has 108 valence electrons. The molecule has 0 unspecified atom stereocenters. The molecule has 2 aromatic rings. The first-order valence-electron chi connectivity index (χ1n) is 7.05. The second-order valence-corrected chi connectivity index (χ2v) is 6.36. The Labute approximate surface area is 131 Å². The third kappa shape index (κ3) is 4.61. The predicted molar refractivity (Wildman–Crippen MR) is 92.0 cm³/mol. The van der Waals surface area contributed by atoms with Gasteiger partial charge < -0.3 is 0 Å². The van der Waals surface area contributed by atoms with Gasteiger partial charge >= 0.3 is 0 Å². The van der Waals surface area contributed by atoms with Crippen molar-refractivity contribution in [2.24, 2.45) is 0 Å². The molecule has 0 radical (unpaired) electrons. The van der Waals surface area contributed by atoms with Gasteiger partial charge in [-0.05, 0) is 31.5 Å². The van der Waals surface area contributed by atoms with E-state index in [1.807, 2.05) is 31.2 Å². The maximum absolute atomic E-state index is 12.1. The lowest BCUT2D eigenvalue weighted by Crippen LogP contribution is -2.00. The molecule has 0 spiro atoms. The van der Waals surface area contributed by atoms with E-state index in [-0.39, 0.29) is 5.78 Å². The first-order valence-corrected chi connectivity index (χ1v) is 8.03. The van der Waals surface area contributed by atoms with Crippen molar-refractivity contribution in [2.45, 2.75) is 25.2 Å². The van der Waals surface area contributed by atoms with Crippen molar-refractivity contribution < 1.29 is 4.79 Å². The van der Waals surface area contributed by atoms with Gasteiger partial charge in [-0.1, -0.05) is 54.1 Å². The highest BCUT2D eigenvalue weighted by Crippen LogP contribution is 2.20. The largest absolute Gasteiger partial charge is 0.294 e. The van der Waals surface area contributed by atoms with Crippen LogP contribution in [0, 0.1) is 6.92 Å². The third-order valence-corrected chi connectivity index (χ3v) is 4.33. The minimum absolute atomic E-state index is 0.197. The molecular weight excluding hydrogens is 276 g/mol. The molecule has 2 rings (SSSR count). The average Bonchev–Trinajstić information content (AvgIpc) is 2.49. The van der Waals surface area contributed by atoms with Gasteiger partial charge in [-0.3, -0.25) is 4.79 Å². The van der Waals surface area contributed by atoms with Crippen LogP contribution in [0.25, 0.3) is 5.57 Å². The van der Waals surface area contributed by atoms with Gasteiger partial charge in [0.1, 0.15) is 0 Å². The highest BCUT2D eigenvalue weighted by Gasteiger charge is 2.06. The zero-order valence-electron chi connectivity index (χ0n) is 12.6. The summed E-state index contributed by atoms with van der Waals surface area (Å²) in [6, 6.07) is 16.1. The third-order valence-electron chi connectivity index (χ3n) is 3.32. The van der Waals surface area contributed by atoms with Gasteiger partial charge in [0.25, 0.3) is 0 Å². The van der Waals surface area contributed by atoms with Crippen molar-refractivity contribution in [1.29, 1.82) is 0 Å². The molecule has 21 heavy (non-hydrogen) atoms. The zero-order valence-corrected chi connectivity index (χ0v) is 13.4. The highest BCUT2D eigenvalue weighted by molar-refractivity contribution is 7.99. The van der Waals surface area contributed by atoms with E-state index in [0.29, 0.717) is 6.42 Å². The van der Waals surface area contributed by atoms with Crippen molar-refractivity contribution in [3.63, 3.8) is 0 Å². The predicted octanol–water partition coefficient (Wildman–Crippen LogP) is 5.39. The number of hydrogen-bond donors (Lipinski definition) is 0. The number of carbonyl (C=O) groups excluding carboxylic acids is 1. The standard InChI is InChI=1S/C19H20OS/c1-14(2)16-6-8-17(9-7-16)19(20)12-13-21-18-10-4-15(3)5-11-18/h4-11H,1,12-13H2,2-3H3. The first-order chi connectivity index (χ1) is 10.1. The maximum atomic E-state index is 12.1. The van der Waals surface area contributed by atoms with Crippen molar-refractivity contribution in [3.8, 4) is 0 Å². The number of allylic oxidation sites excluding steroid dienone is 1. The Kier molecular flexibility index (Phi) is 5.40. The molecule has 0 aliphatic rings. The molecule has 0 N–H and O–H groups in total. The molecule has 0 saturated heterocycles. The molecule has 1 nitrogen and oxygen atoms in total. The topological polar surface area (TPSA) is 17.1 Å². The minimum atomic E-state index is 0.197. The van der Waals surface area contributed by atoms with Crippen molar-refractivity contribution >= 4 is 23.1 Å². The molecule has 0 amide bonds. The Morgan fingerprint density at radius 3 is 2.14 bits per heavy atom. The smallest absolute Gasteiger partial charge is 0.163 e. The highest BCUT2D eigenvalue weighted by atomic mass is 32.2. The lowest BCUT2D eigenvalue weighted by Gasteiger charge is -2.04. The number of benzene rings is 2. The summed E-state index contributed by atoms with van der Waals surface area (Å²) in [5.74, 6) is 1.01. The number of thioether (sulfide) groups is 1. The lowest BCUT2D eigenvalue weighted by molar-refractivity contribution is 0.0989. The summed E-state index contributed by atoms with van der Waals surface area (Å²) in [6.07, 6.45) is 0.560. The van der Waals surface area contributed by atoms with Gasteiger partial charge in [-0.15, -0.1) is 11.8 Å². The van der Waals surface area contributed by atoms with E-state index < -0.39 is 0 Å². The second kappa shape index (κ2) is 7.28. The van der Waals surface area contributed by atoms with Gasteiger partial charge in [0, 0.05) is 22.6 Å². The van der Waals surface area contributed by atoms with E-state index >= 15 is 0 Å². The van der Waals surface area contributed by atoms with E-state index in [0.717, 1.165) is 22.5 Å². The summed E-state index contributed by atoms with van der Waals surface area (Å²) in [6.45, 7) is 7.94. The number of Topliss-reactive ketones (excluding diaryl/α,β-unsaturated/α-hetero) is 1. The molecule has 2 aromatic carbocycles. The summed E-state index contributed by atoms with van der Waals surface area (Å²) in [4.78, 5) is 13.3. The summed E-state index contributed by atoms with van der Waals surface area (Å²) in [5, 5.41) is 0. The van der Waals surface area contributed by atoms with Crippen molar-refractivity contribution in [1.82, 2.24) is 0 Å². The number of hydrogen-bond acceptors (Lipinski definition) is 2. The Balaban J connectivity index is 1.86. The van der Waals surface area contributed by atoms with Gasteiger partial charge in [-0.25, -0.2) is 0 Å². The Morgan fingerprint density at radius 2 is 1.57 bits per heavy atom. The van der Waals surface area contributed by atoms with Crippen LogP contribution in [-0.2, 0) is 0 Å². The SMILES string of the molecule is C=C(C)c1ccc(C(=O)CCSc2ccc(C)cc2)cc1. The van der Waals surface area contributed by atoms with Gasteiger partial charge in [-0.2, -0.15) is 0 Å². The Bertz CT molecular complexity index is 624. The molecule has 0 aliphatic heterocycles. The van der Waals surface area contributed by atoms with E-state index in [1.165, 1.54) is 10.5 Å². The van der Waals surface area contributed by atoms with Crippen LogP contribution in [-0.4, -0.2) is 11.5 Å². The normalized spacial score (nSPS) is 10.4. The van der Waals surface area contributed by atoms with Gasteiger partial charge in [0.2, 0.25) is 0 Å². The number of aryl methyl sites for hydroxylation is 1. The van der Waals surface area contributed by atoms with Gasteiger partial charge in [0.05, 0.1) is 0 Å². The minimum Gasteiger partial charge on any atom is -0.294 e. The Hall–Kier alpha value is -1.80. The van der Waals surface area contributed by atoms with Crippen LogP contribution in [0.5, 0.6) is 0 Å². The number of rotatable bonds is 6. The molecule has 0 aliphatic carbocycles. The van der Waals surface area contributed by atoms with E-state index in [9.17, 15) is 4.79 Å². The monoisotopic (exact) mass is 296 g/mol. The first kappa shape index (κ1) is 15.6. The molecule has 0 atom stereocenters. The fourth-order valence-electron chi connectivity index (χ4n) is 1.98. The summed E-state index contributed by atoms with van der Waals surface area (Å²) < 4.78 is 0. The quantitative estimate of drug-likeness (QED) is 0.525. The molecule has 0 saturated carbocycles. The molecule has 0 aromatic heterocycles. The van der Waals surface area contributed by atoms with E-state index in [4.69, 9.17) is 0 Å². The lowest BCUT2D eigenvalue weighted by atomic mass is 10.0. The fraction of sp³-hybridized carbons (Fsp3) is 0.211. The van der Waals surface area contributed by atoms with E-state index in [2.05, 4.69) is 37.8 Å². The van der Waals surface area contributed by atoms with Crippen molar-refractivity contribution in [2.75, 3.05) is 5.75 Å². The second-order valence-electron chi connectivity index (χ2n) is 5.19. The van der Waals surface area contributed by atoms with Crippen LogP contribution in [0.1, 0.15) is 34.8 Å². The molecule has 0 heterocycles. The van der Waals surface area contributed by atoms with Crippen LogP contribution >= 0.6 is 11.8 Å². The maximum Gasteiger partial charge on any atom is 0.163 e. The zero-order chi connectivity index (χ0) is 15.2. The molecule has 0 bridgehead atoms. The van der Waals surface area contributed by atoms with Crippen LogP contribution < -0.4 is 0 Å². The Morgan fingerprint density at radius 1 is 1.00 bits per heavy atom. The van der Waals surface area contributed by atoms with Crippen LogP contribution in [0.3, 0.4) is 0 Å². The summed E-state index contributed by atoms with van der Waals surface area (Å²) >= 11 is 1.73. The average molecular weight is 296 g/mol. The molecule has 0 fully saturated rings. The fourth-order valence-corrected chi connectivity index (χ4v) is 2.83. The van der Waals surface area contributed by atoms with Gasteiger partial charge in [0.15, 0.2) is 5.78 Å². The van der Waals surface area contributed by atoms with Crippen LogP contribution in [0.15, 0.2) is 60.0 Å². The van der Waals surface area contributed by atoms with Crippen molar-refractivity contribution in [3.05, 3.63) is 71.8 Å². The summed E-state index contributed by atoms with van der Waals surface area (Å²) in [5.41, 5.74) is 4.14. The number of ketones is 1. The molecule has 2 heteroatoms. The van der Waals surface area contributed by atoms with Crippen LogP contribution in [0.4, 0.5) is 0 Å². The summed E-state index contributed by atoms with van der Waals surface area (Å²) in [7, 11) is 0. The van der Waals surface area contributed by atoms with Crippen LogP contribution in [0.2, 0.25) is 0 Å². The molecular formula is C19H20OS. The number of carbonyl (C=O) groups is 1. The van der Waals surface area contributed by atoms with E-state index in [1.54, 1.807) is 11.8 Å².